The van der Waals surface area contributed by atoms with Crippen molar-refractivity contribution in [2.75, 3.05) is 26.3 Å². The molecule has 0 bridgehead atoms. The van der Waals surface area contributed by atoms with Gasteiger partial charge in [-0.2, -0.15) is 4.31 Å². The number of piperidine rings is 1. The van der Waals surface area contributed by atoms with Crippen LogP contribution in [-0.4, -0.2) is 45.0 Å². The van der Waals surface area contributed by atoms with E-state index in [-0.39, 0.29) is 29.4 Å². The number of hydrogen-bond acceptors (Lipinski definition) is 5. The smallest absolute Gasteiger partial charge is 0.338 e. The third kappa shape index (κ3) is 5.33. The van der Waals surface area contributed by atoms with Gasteiger partial charge in [0.15, 0.2) is 11.6 Å². The zero-order valence-corrected chi connectivity index (χ0v) is 17.0. The highest BCUT2D eigenvalue weighted by atomic mass is 32.2. The SMILES string of the molecule is C[C@H]1CCCN(S(=O)(=O)c2ccc(C(=O)OCCOc3ccccc3F)cc2)C1. The fourth-order valence-corrected chi connectivity index (χ4v) is 4.81. The van der Waals surface area contributed by atoms with Crippen LogP contribution < -0.4 is 4.74 Å². The maximum atomic E-state index is 13.4. The van der Waals surface area contributed by atoms with Crippen LogP contribution in [0.15, 0.2) is 53.4 Å². The van der Waals surface area contributed by atoms with Gasteiger partial charge in [0.1, 0.15) is 13.2 Å². The van der Waals surface area contributed by atoms with Crippen LogP contribution in [0, 0.1) is 11.7 Å². The fraction of sp³-hybridized carbons (Fsp3) is 0.381. The quantitative estimate of drug-likeness (QED) is 0.506. The lowest BCUT2D eigenvalue weighted by molar-refractivity contribution is 0.0448. The van der Waals surface area contributed by atoms with Gasteiger partial charge in [-0.1, -0.05) is 19.1 Å². The average molecular weight is 421 g/mol. The van der Waals surface area contributed by atoms with Crippen LogP contribution in [0.25, 0.3) is 0 Å². The Bertz CT molecular complexity index is 946. The van der Waals surface area contributed by atoms with E-state index in [4.69, 9.17) is 9.47 Å². The third-order valence-corrected chi connectivity index (χ3v) is 6.64. The Morgan fingerprint density at radius 1 is 1.14 bits per heavy atom. The summed E-state index contributed by atoms with van der Waals surface area (Å²) in [6.45, 7) is 3.01. The molecule has 1 saturated heterocycles. The number of carbonyl (C=O) groups excluding carboxylic acids is 1. The average Bonchev–Trinajstić information content (AvgIpc) is 2.72. The molecular formula is C21H24FNO5S. The van der Waals surface area contributed by atoms with Crippen LogP contribution in [-0.2, 0) is 14.8 Å². The van der Waals surface area contributed by atoms with Crippen molar-refractivity contribution in [1.29, 1.82) is 0 Å². The molecule has 8 heteroatoms. The first-order valence-corrected chi connectivity index (χ1v) is 11.0. The molecule has 29 heavy (non-hydrogen) atoms. The van der Waals surface area contributed by atoms with Crippen LogP contribution in [0.2, 0.25) is 0 Å². The summed E-state index contributed by atoms with van der Waals surface area (Å²) in [4.78, 5) is 12.3. The molecule has 1 aliphatic heterocycles. The van der Waals surface area contributed by atoms with E-state index in [1.54, 1.807) is 12.1 Å². The lowest BCUT2D eigenvalue weighted by atomic mass is 10.0. The maximum absolute atomic E-state index is 13.4. The molecule has 1 fully saturated rings. The number of para-hydroxylation sites is 1. The van der Waals surface area contributed by atoms with Gasteiger partial charge in [0.25, 0.3) is 0 Å². The number of sulfonamides is 1. The molecule has 0 aromatic heterocycles. The van der Waals surface area contributed by atoms with E-state index >= 15 is 0 Å². The van der Waals surface area contributed by atoms with Crippen molar-refractivity contribution in [1.82, 2.24) is 4.31 Å². The minimum atomic E-state index is -3.57. The summed E-state index contributed by atoms with van der Waals surface area (Å²) < 4.78 is 50.8. The molecule has 0 radical (unpaired) electrons. The van der Waals surface area contributed by atoms with E-state index in [0.717, 1.165) is 12.8 Å². The van der Waals surface area contributed by atoms with Gasteiger partial charge in [0.05, 0.1) is 10.5 Å². The van der Waals surface area contributed by atoms with Crippen molar-refractivity contribution in [2.24, 2.45) is 5.92 Å². The maximum Gasteiger partial charge on any atom is 0.338 e. The lowest BCUT2D eigenvalue weighted by Crippen LogP contribution is -2.39. The fourth-order valence-electron chi connectivity index (χ4n) is 3.21. The molecule has 1 atom stereocenters. The van der Waals surface area contributed by atoms with Crippen molar-refractivity contribution in [3.63, 3.8) is 0 Å². The zero-order chi connectivity index (χ0) is 20.9. The molecule has 0 amide bonds. The van der Waals surface area contributed by atoms with Gasteiger partial charge in [-0.25, -0.2) is 17.6 Å². The van der Waals surface area contributed by atoms with E-state index in [9.17, 15) is 17.6 Å². The van der Waals surface area contributed by atoms with Gasteiger partial charge >= 0.3 is 5.97 Å². The molecule has 0 unspecified atom stereocenters. The van der Waals surface area contributed by atoms with Gasteiger partial charge in [0, 0.05) is 13.1 Å². The Balaban J connectivity index is 1.54. The van der Waals surface area contributed by atoms with Crippen molar-refractivity contribution in [3.8, 4) is 5.75 Å². The summed E-state index contributed by atoms with van der Waals surface area (Å²) in [5, 5.41) is 0. The van der Waals surface area contributed by atoms with Gasteiger partial charge in [-0.05, 0) is 55.2 Å². The second-order valence-corrected chi connectivity index (χ2v) is 8.99. The van der Waals surface area contributed by atoms with Crippen molar-refractivity contribution in [3.05, 3.63) is 59.9 Å². The van der Waals surface area contributed by atoms with Gasteiger partial charge < -0.3 is 9.47 Å². The Kier molecular flexibility index (Phi) is 6.87. The molecule has 6 nitrogen and oxygen atoms in total. The molecule has 2 aromatic carbocycles. The largest absolute Gasteiger partial charge is 0.487 e. The van der Waals surface area contributed by atoms with Gasteiger partial charge in [-0.3, -0.25) is 0 Å². The Hall–Kier alpha value is -2.45. The second-order valence-electron chi connectivity index (χ2n) is 7.05. The van der Waals surface area contributed by atoms with E-state index in [2.05, 4.69) is 0 Å². The van der Waals surface area contributed by atoms with E-state index in [0.29, 0.717) is 19.0 Å². The van der Waals surface area contributed by atoms with Gasteiger partial charge in [-0.15, -0.1) is 0 Å². The van der Waals surface area contributed by atoms with Crippen LogP contribution in [0.3, 0.4) is 0 Å². The van der Waals surface area contributed by atoms with E-state index in [1.807, 2.05) is 6.92 Å². The molecule has 156 valence electrons. The number of benzene rings is 2. The number of esters is 1. The molecule has 3 rings (SSSR count). The van der Waals surface area contributed by atoms with Crippen LogP contribution in [0.5, 0.6) is 5.75 Å². The molecule has 0 saturated carbocycles. The normalized spacial score (nSPS) is 17.7. The Morgan fingerprint density at radius 3 is 2.55 bits per heavy atom. The third-order valence-electron chi connectivity index (χ3n) is 4.76. The second kappa shape index (κ2) is 9.37. The molecule has 1 heterocycles. The Morgan fingerprint density at radius 2 is 1.86 bits per heavy atom. The standard InChI is InChI=1S/C21H24FNO5S/c1-16-5-4-12-23(15-16)29(25,26)18-10-8-17(9-11-18)21(24)28-14-13-27-20-7-3-2-6-19(20)22/h2-3,6-11,16H,4-5,12-15H2,1H3/t16-/m0/s1. The number of rotatable bonds is 7. The van der Waals surface area contributed by atoms with E-state index in [1.165, 1.54) is 40.7 Å². The zero-order valence-electron chi connectivity index (χ0n) is 16.2. The molecule has 0 N–H and O–H groups in total. The minimum absolute atomic E-state index is 0.00623. The molecular weight excluding hydrogens is 397 g/mol. The molecule has 0 spiro atoms. The van der Waals surface area contributed by atoms with Crippen LogP contribution in [0.1, 0.15) is 30.1 Å². The molecule has 1 aliphatic rings. The summed E-state index contributed by atoms with van der Waals surface area (Å²) in [6.07, 6.45) is 1.87. The number of halogens is 1. The van der Waals surface area contributed by atoms with E-state index < -0.39 is 21.8 Å². The van der Waals surface area contributed by atoms with Crippen LogP contribution >= 0.6 is 0 Å². The predicted molar refractivity (Wildman–Crippen MR) is 106 cm³/mol. The first-order chi connectivity index (χ1) is 13.9. The summed E-state index contributed by atoms with van der Waals surface area (Å²) in [5.41, 5.74) is 0.238. The topological polar surface area (TPSA) is 72.9 Å². The number of carbonyl (C=O) groups is 1. The van der Waals surface area contributed by atoms with Gasteiger partial charge in [0.2, 0.25) is 10.0 Å². The number of ether oxygens (including phenoxy) is 2. The summed E-state index contributed by atoms with van der Waals surface area (Å²) in [7, 11) is -3.57. The molecule has 2 aromatic rings. The van der Waals surface area contributed by atoms with Crippen molar-refractivity contribution < 1.29 is 27.1 Å². The first-order valence-electron chi connectivity index (χ1n) is 9.52. The summed E-state index contributed by atoms with van der Waals surface area (Å²) in [6, 6.07) is 11.7. The highest BCUT2D eigenvalue weighted by molar-refractivity contribution is 7.89. The van der Waals surface area contributed by atoms with Crippen molar-refractivity contribution >= 4 is 16.0 Å². The molecule has 0 aliphatic carbocycles. The Labute approximate surface area is 170 Å². The monoisotopic (exact) mass is 421 g/mol. The minimum Gasteiger partial charge on any atom is -0.487 e. The first kappa shape index (κ1) is 21.3. The lowest BCUT2D eigenvalue weighted by Gasteiger charge is -2.30. The van der Waals surface area contributed by atoms with Crippen LogP contribution in [0.4, 0.5) is 4.39 Å². The summed E-state index contributed by atoms with van der Waals surface area (Å²) in [5.74, 6) is -0.666. The number of nitrogens with zero attached hydrogens (tertiary/aromatic N) is 1. The summed E-state index contributed by atoms with van der Waals surface area (Å²) >= 11 is 0. The highest BCUT2D eigenvalue weighted by Crippen LogP contribution is 2.23. The highest BCUT2D eigenvalue weighted by Gasteiger charge is 2.28. The predicted octanol–water partition coefficient (Wildman–Crippen LogP) is 3.48. The van der Waals surface area contributed by atoms with Crippen molar-refractivity contribution in [2.45, 2.75) is 24.7 Å². The number of hydrogen-bond donors (Lipinski definition) is 0.